The largest absolute Gasteiger partial charge is 0.372 e. The van der Waals surface area contributed by atoms with Crippen molar-refractivity contribution in [1.82, 2.24) is 0 Å². The van der Waals surface area contributed by atoms with Gasteiger partial charge in [0.1, 0.15) is 6.61 Å². The van der Waals surface area contributed by atoms with Crippen molar-refractivity contribution in [2.75, 3.05) is 19.0 Å². The van der Waals surface area contributed by atoms with Crippen molar-refractivity contribution in [2.45, 2.75) is 19.3 Å². The Hall–Kier alpha value is -0.260. The summed E-state index contributed by atoms with van der Waals surface area (Å²) < 4.78 is 4.79. The summed E-state index contributed by atoms with van der Waals surface area (Å²) in [4.78, 5) is 0. The van der Waals surface area contributed by atoms with Crippen LogP contribution in [0, 0.1) is 11.8 Å². The molecule has 0 aromatic carbocycles. The van der Waals surface area contributed by atoms with E-state index < -0.39 is 0 Å². The highest BCUT2D eigenvalue weighted by Crippen LogP contribution is 1.95. The van der Waals surface area contributed by atoms with E-state index in [0.29, 0.717) is 6.61 Å². The van der Waals surface area contributed by atoms with Gasteiger partial charge in [0.05, 0.1) is 0 Å². The average molecular weight is 231 g/mol. The average Bonchev–Trinajstić information content (AvgIpc) is 2.10. The van der Waals surface area contributed by atoms with Crippen molar-refractivity contribution >= 4 is 15.9 Å². The van der Waals surface area contributed by atoms with Gasteiger partial charge in [0.2, 0.25) is 0 Å². The molecule has 0 N–H and O–H groups in total. The molecule has 0 aromatic rings. The quantitative estimate of drug-likeness (QED) is 0.306. The normalized spacial score (nSPS) is 9.83. The van der Waals surface area contributed by atoms with Gasteiger partial charge in [-0.1, -0.05) is 34.0 Å². The van der Waals surface area contributed by atoms with Crippen molar-refractivity contribution in [3.63, 3.8) is 0 Å². The van der Waals surface area contributed by atoms with E-state index in [2.05, 4.69) is 39.9 Å². The van der Waals surface area contributed by atoms with E-state index in [1.165, 1.54) is 0 Å². The predicted octanol–water partition coefficient (Wildman–Crippen LogP) is 2.76. The molecule has 0 aliphatic heterocycles. The van der Waals surface area contributed by atoms with E-state index in [4.69, 9.17) is 4.74 Å². The van der Waals surface area contributed by atoms with Crippen LogP contribution in [0.3, 0.4) is 0 Å². The first-order chi connectivity index (χ1) is 5.91. The lowest BCUT2D eigenvalue weighted by Crippen LogP contribution is -1.80. The Kier molecular flexibility index (Phi) is 10.5. The molecule has 0 saturated carbocycles. The van der Waals surface area contributed by atoms with Gasteiger partial charge in [-0.2, -0.15) is 0 Å². The first-order valence-corrected chi connectivity index (χ1v) is 5.19. The molecule has 0 spiro atoms. The van der Waals surface area contributed by atoms with Crippen molar-refractivity contribution in [1.29, 1.82) is 0 Å². The molecule has 2 heteroatoms. The van der Waals surface area contributed by atoms with Gasteiger partial charge in [0.15, 0.2) is 0 Å². The Morgan fingerprint density at radius 3 is 2.83 bits per heavy atom. The number of hydrogen-bond acceptors (Lipinski definition) is 1. The van der Waals surface area contributed by atoms with E-state index >= 15 is 0 Å². The molecule has 0 rings (SSSR count). The van der Waals surface area contributed by atoms with Crippen LogP contribution in [0.25, 0.3) is 0 Å². The molecule has 0 saturated heterocycles. The maximum absolute atomic E-state index is 4.79. The summed E-state index contributed by atoms with van der Waals surface area (Å²) in [6, 6.07) is 0. The van der Waals surface area contributed by atoms with E-state index in [-0.39, 0.29) is 0 Å². The minimum Gasteiger partial charge on any atom is -0.372 e. The highest BCUT2D eigenvalue weighted by atomic mass is 79.9. The van der Waals surface area contributed by atoms with Crippen LogP contribution in [-0.4, -0.2) is 19.0 Å². The van der Waals surface area contributed by atoms with Gasteiger partial charge in [0.25, 0.3) is 0 Å². The van der Waals surface area contributed by atoms with Gasteiger partial charge < -0.3 is 4.74 Å². The highest BCUT2D eigenvalue weighted by Gasteiger charge is 1.79. The maximum atomic E-state index is 4.79. The fraction of sp³-hybridized carbons (Fsp3) is 0.600. The fourth-order valence-electron chi connectivity index (χ4n) is 0.701. The molecule has 0 radical (unpaired) electrons. The Bertz CT molecular complexity index is 164. The number of ether oxygens (including phenoxy) is 1. The third kappa shape index (κ3) is 9.74. The van der Waals surface area contributed by atoms with Crippen molar-refractivity contribution < 1.29 is 4.74 Å². The van der Waals surface area contributed by atoms with Gasteiger partial charge in [-0.3, -0.25) is 0 Å². The van der Waals surface area contributed by atoms with Crippen LogP contribution >= 0.6 is 15.9 Å². The van der Waals surface area contributed by atoms with Gasteiger partial charge in [-0.05, 0) is 12.8 Å². The lowest BCUT2D eigenvalue weighted by atomic mass is 10.2. The second-order valence-electron chi connectivity index (χ2n) is 2.30. The number of hydrogen-bond donors (Lipinski definition) is 0. The van der Waals surface area contributed by atoms with Crippen LogP contribution in [-0.2, 0) is 4.74 Å². The SMILES string of the molecule is COCC#CCCC/C=C/CBr. The molecule has 0 aliphatic carbocycles. The lowest BCUT2D eigenvalue weighted by Gasteiger charge is -1.87. The number of allylic oxidation sites excluding steroid dienone is 2. The molecule has 0 aromatic heterocycles. The highest BCUT2D eigenvalue weighted by molar-refractivity contribution is 9.09. The Morgan fingerprint density at radius 1 is 1.33 bits per heavy atom. The van der Waals surface area contributed by atoms with Crippen LogP contribution in [0.2, 0.25) is 0 Å². The lowest BCUT2D eigenvalue weighted by molar-refractivity contribution is 0.239. The second-order valence-corrected chi connectivity index (χ2v) is 2.95. The molecule has 0 amide bonds. The van der Waals surface area contributed by atoms with Gasteiger partial charge in [-0.25, -0.2) is 0 Å². The third-order valence-electron chi connectivity index (χ3n) is 1.27. The minimum absolute atomic E-state index is 0.553. The van der Waals surface area contributed by atoms with E-state index in [1.807, 2.05) is 0 Å². The van der Waals surface area contributed by atoms with Crippen LogP contribution in [0.5, 0.6) is 0 Å². The zero-order valence-corrected chi connectivity index (χ0v) is 9.06. The number of unbranched alkanes of at least 4 members (excludes halogenated alkanes) is 2. The number of alkyl halides is 1. The van der Waals surface area contributed by atoms with Gasteiger partial charge in [-0.15, -0.1) is 5.92 Å². The molecular weight excluding hydrogens is 216 g/mol. The Morgan fingerprint density at radius 2 is 2.17 bits per heavy atom. The maximum Gasteiger partial charge on any atom is 0.107 e. The summed E-state index contributed by atoms with van der Waals surface area (Å²) in [5, 5.41) is 0.947. The summed E-state index contributed by atoms with van der Waals surface area (Å²) in [5.74, 6) is 5.96. The smallest absolute Gasteiger partial charge is 0.107 e. The van der Waals surface area contributed by atoms with Crippen LogP contribution in [0.4, 0.5) is 0 Å². The zero-order chi connectivity index (χ0) is 9.07. The van der Waals surface area contributed by atoms with Gasteiger partial charge >= 0.3 is 0 Å². The molecular formula is C10H15BrO. The molecule has 0 atom stereocenters. The first-order valence-electron chi connectivity index (χ1n) is 4.07. The van der Waals surface area contributed by atoms with Crippen LogP contribution < -0.4 is 0 Å². The second kappa shape index (κ2) is 10.7. The Balaban J connectivity index is 3.11. The summed E-state index contributed by atoms with van der Waals surface area (Å²) in [6.45, 7) is 0.553. The summed E-state index contributed by atoms with van der Waals surface area (Å²) >= 11 is 3.32. The van der Waals surface area contributed by atoms with E-state index in [9.17, 15) is 0 Å². The summed E-state index contributed by atoms with van der Waals surface area (Å²) in [7, 11) is 1.66. The molecule has 0 heterocycles. The molecule has 12 heavy (non-hydrogen) atoms. The number of halogens is 1. The molecule has 1 nitrogen and oxygen atoms in total. The van der Waals surface area contributed by atoms with Gasteiger partial charge in [0, 0.05) is 18.9 Å². The summed E-state index contributed by atoms with van der Waals surface area (Å²) in [5.41, 5.74) is 0. The van der Waals surface area contributed by atoms with Crippen molar-refractivity contribution in [3.05, 3.63) is 12.2 Å². The Labute approximate surface area is 83.3 Å². The van der Waals surface area contributed by atoms with Crippen molar-refractivity contribution in [3.8, 4) is 11.8 Å². The number of methoxy groups -OCH3 is 1. The van der Waals surface area contributed by atoms with E-state index in [0.717, 1.165) is 24.6 Å². The summed E-state index contributed by atoms with van der Waals surface area (Å²) in [6.07, 6.45) is 7.51. The molecule has 0 unspecified atom stereocenters. The minimum atomic E-state index is 0.553. The van der Waals surface area contributed by atoms with Crippen LogP contribution in [0.15, 0.2) is 12.2 Å². The van der Waals surface area contributed by atoms with E-state index in [1.54, 1.807) is 7.11 Å². The monoisotopic (exact) mass is 230 g/mol. The first kappa shape index (κ1) is 11.7. The third-order valence-corrected chi connectivity index (χ3v) is 1.64. The topological polar surface area (TPSA) is 9.23 Å². The zero-order valence-electron chi connectivity index (χ0n) is 7.48. The van der Waals surface area contributed by atoms with Crippen molar-refractivity contribution in [2.24, 2.45) is 0 Å². The molecule has 0 fully saturated rings. The standard InChI is InChI=1S/C10H15BrO/c1-12-10-8-6-4-2-3-5-7-9-11/h5,7H,2-4,9-10H2,1H3/b7-5+. The predicted molar refractivity (Wildman–Crippen MR) is 56.4 cm³/mol. The molecule has 0 bridgehead atoms. The van der Waals surface area contributed by atoms with Crippen LogP contribution in [0.1, 0.15) is 19.3 Å². The molecule has 0 aliphatic rings. The molecule has 68 valence electrons. The fourth-order valence-corrected chi connectivity index (χ4v) is 0.965. The number of rotatable bonds is 5.